The van der Waals surface area contributed by atoms with E-state index in [4.69, 9.17) is 4.52 Å². The topological polar surface area (TPSA) is 102 Å². The van der Waals surface area contributed by atoms with Crippen molar-refractivity contribution < 1.29 is 17.7 Å². The Bertz CT molecular complexity index is 719. The molecule has 0 saturated heterocycles. The summed E-state index contributed by atoms with van der Waals surface area (Å²) in [4.78, 5) is 15.1. The summed E-state index contributed by atoms with van der Waals surface area (Å²) in [5.41, 5.74) is 0.456. The zero-order chi connectivity index (χ0) is 14.8. The second-order valence-electron chi connectivity index (χ2n) is 4.13. The van der Waals surface area contributed by atoms with E-state index in [1.807, 2.05) is 0 Å². The molecule has 1 heterocycles. The van der Waals surface area contributed by atoms with Crippen molar-refractivity contribution in [2.45, 2.75) is 25.3 Å². The second kappa shape index (κ2) is 5.51. The van der Waals surface area contributed by atoms with Gasteiger partial charge in [-0.2, -0.15) is 4.98 Å². The summed E-state index contributed by atoms with van der Waals surface area (Å²) in [7, 11) is -3.67. The van der Waals surface area contributed by atoms with Crippen LogP contribution >= 0.6 is 0 Å². The molecule has 0 aliphatic heterocycles. The number of Topliss-reactive ketones (excluding diaryl/α,β-unsaturated/α-hetero) is 1. The molecule has 0 aliphatic carbocycles. The first kappa shape index (κ1) is 14.4. The van der Waals surface area contributed by atoms with Crippen LogP contribution in [0.15, 0.2) is 33.7 Å². The lowest BCUT2D eigenvalue weighted by atomic mass is 10.2. The summed E-state index contributed by atoms with van der Waals surface area (Å²) in [5.74, 6) is 0.501. The van der Waals surface area contributed by atoms with Crippen LogP contribution in [-0.2, 0) is 16.6 Å². The van der Waals surface area contributed by atoms with Crippen LogP contribution < -0.4 is 4.72 Å². The van der Waals surface area contributed by atoms with E-state index < -0.39 is 10.0 Å². The Kier molecular flexibility index (Phi) is 3.96. The van der Waals surface area contributed by atoms with Crippen molar-refractivity contribution in [3.63, 3.8) is 0 Å². The minimum Gasteiger partial charge on any atom is -0.340 e. The van der Waals surface area contributed by atoms with E-state index in [1.165, 1.54) is 31.2 Å². The molecule has 0 fully saturated rings. The quantitative estimate of drug-likeness (QED) is 0.827. The maximum Gasteiger partial charge on any atom is 0.240 e. The number of nitrogens with zero attached hydrogens (tertiary/aromatic N) is 2. The third-order valence-corrected chi connectivity index (χ3v) is 3.98. The van der Waals surface area contributed by atoms with Crippen molar-refractivity contribution >= 4 is 15.8 Å². The van der Waals surface area contributed by atoms with Gasteiger partial charge in [0.05, 0.1) is 11.4 Å². The molecule has 0 saturated carbocycles. The van der Waals surface area contributed by atoms with Gasteiger partial charge in [-0.15, -0.1) is 0 Å². The van der Waals surface area contributed by atoms with Gasteiger partial charge < -0.3 is 4.52 Å². The first-order valence-corrected chi connectivity index (χ1v) is 7.26. The molecule has 1 aromatic heterocycles. The van der Waals surface area contributed by atoms with Crippen molar-refractivity contribution in [3.05, 3.63) is 41.5 Å². The summed E-state index contributed by atoms with van der Waals surface area (Å²) >= 11 is 0. The lowest BCUT2D eigenvalue weighted by molar-refractivity contribution is 0.101. The highest BCUT2D eigenvalue weighted by Gasteiger charge is 2.15. The van der Waals surface area contributed by atoms with Crippen molar-refractivity contribution in [1.29, 1.82) is 0 Å². The fraction of sp³-hybridized carbons (Fsp3) is 0.250. The van der Waals surface area contributed by atoms with E-state index >= 15 is 0 Å². The van der Waals surface area contributed by atoms with Gasteiger partial charge in [-0.3, -0.25) is 4.79 Å². The smallest absolute Gasteiger partial charge is 0.240 e. The molecule has 0 atom stereocenters. The standard InChI is InChI=1S/C12H13N3O4S/c1-8(16)10-3-5-11(6-4-10)20(17,18)13-7-12-14-9(2)19-15-12/h3-6,13H,7H2,1-2H3. The molecule has 1 aromatic carbocycles. The number of benzene rings is 1. The Morgan fingerprint density at radius 1 is 1.30 bits per heavy atom. The molecule has 7 nitrogen and oxygen atoms in total. The lowest BCUT2D eigenvalue weighted by Crippen LogP contribution is -2.23. The summed E-state index contributed by atoms with van der Waals surface area (Å²) in [6.45, 7) is 2.97. The number of sulfonamides is 1. The number of hydrogen-bond acceptors (Lipinski definition) is 6. The third-order valence-electron chi connectivity index (χ3n) is 2.56. The van der Waals surface area contributed by atoms with Gasteiger partial charge in [0.25, 0.3) is 0 Å². The number of aryl methyl sites for hydroxylation is 1. The van der Waals surface area contributed by atoms with Gasteiger partial charge in [-0.25, -0.2) is 13.1 Å². The summed E-state index contributed by atoms with van der Waals surface area (Å²) in [5, 5.41) is 3.59. The molecule has 20 heavy (non-hydrogen) atoms. The zero-order valence-electron chi connectivity index (χ0n) is 11.0. The predicted octanol–water partition coefficient (Wildman–Crippen LogP) is 1.06. The maximum absolute atomic E-state index is 12.0. The Morgan fingerprint density at radius 2 is 1.95 bits per heavy atom. The van der Waals surface area contributed by atoms with Crippen LogP contribution in [0, 0.1) is 6.92 Å². The van der Waals surface area contributed by atoms with E-state index in [2.05, 4.69) is 14.9 Å². The molecule has 0 spiro atoms. The van der Waals surface area contributed by atoms with Crippen LogP contribution in [0.2, 0.25) is 0 Å². The highest BCUT2D eigenvalue weighted by molar-refractivity contribution is 7.89. The Morgan fingerprint density at radius 3 is 2.45 bits per heavy atom. The number of carbonyl (C=O) groups excluding carboxylic acids is 1. The maximum atomic E-state index is 12.0. The first-order valence-electron chi connectivity index (χ1n) is 5.78. The minimum absolute atomic E-state index is 0.0614. The van der Waals surface area contributed by atoms with Crippen LogP contribution in [0.5, 0.6) is 0 Å². The highest BCUT2D eigenvalue weighted by atomic mass is 32.2. The van der Waals surface area contributed by atoms with Gasteiger partial charge in [-0.1, -0.05) is 17.3 Å². The number of ketones is 1. The minimum atomic E-state index is -3.67. The average Bonchev–Trinajstić information content (AvgIpc) is 2.82. The van der Waals surface area contributed by atoms with Crippen LogP contribution in [0.3, 0.4) is 0 Å². The van der Waals surface area contributed by atoms with Crippen molar-refractivity contribution in [3.8, 4) is 0 Å². The van der Waals surface area contributed by atoms with Gasteiger partial charge in [0.15, 0.2) is 11.6 Å². The van der Waals surface area contributed by atoms with E-state index in [0.717, 1.165) is 0 Å². The van der Waals surface area contributed by atoms with Gasteiger partial charge >= 0.3 is 0 Å². The van der Waals surface area contributed by atoms with Crippen LogP contribution in [0.4, 0.5) is 0 Å². The average molecular weight is 295 g/mol. The largest absolute Gasteiger partial charge is 0.340 e. The van der Waals surface area contributed by atoms with E-state index in [0.29, 0.717) is 11.5 Å². The van der Waals surface area contributed by atoms with Gasteiger partial charge in [0.1, 0.15) is 0 Å². The van der Waals surface area contributed by atoms with Crippen molar-refractivity contribution in [2.24, 2.45) is 0 Å². The molecule has 8 heteroatoms. The molecule has 1 N–H and O–H groups in total. The van der Waals surface area contributed by atoms with Gasteiger partial charge in [0, 0.05) is 12.5 Å². The molecule has 2 rings (SSSR count). The van der Waals surface area contributed by atoms with Gasteiger partial charge in [0.2, 0.25) is 15.9 Å². The Hall–Kier alpha value is -2.06. The Labute approximate surface area is 116 Å². The first-order chi connectivity index (χ1) is 9.38. The molecule has 0 unspecified atom stereocenters. The molecular formula is C12H13N3O4S. The van der Waals surface area contributed by atoms with Gasteiger partial charge in [-0.05, 0) is 19.1 Å². The predicted molar refractivity (Wildman–Crippen MR) is 69.5 cm³/mol. The molecular weight excluding hydrogens is 282 g/mol. The summed E-state index contributed by atoms with van der Waals surface area (Å²) in [6.07, 6.45) is 0. The highest BCUT2D eigenvalue weighted by Crippen LogP contribution is 2.11. The summed E-state index contributed by atoms with van der Waals surface area (Å²) < 4.78 is 31.1. The zero-order valence-corrected chi connectivity index (χ0v) is 11.8. The number of rotatable bonds is 5. The van der Waals surface area contributed by atoms with Crippen LogP contribution in [0.25, 0.3) is 0 Å². The third kappa shape index (κ3) is 3.28. The fourth-order valence-electron chi connectivity index (χ4n) is 1.52. The van der Waals surface area contributed by atoms with E-state index in [1.54, 1.807) is 6.92 Å². The number of nitrogens with one attached hydrogen (secondary N) is 1. The monoisotopic (exact) mass is 295 g/mol. The molecule has 0 radical (unpaired) electrons. The Balaban J connectivity index is 2.11. The number of hydrogen-bond donors (Lipinski definition) is 1. The van der Waals surface area contributed by atoms with Crippen molar-refractivity contribution in [2.75, 3.05) is 0 Å². The van der Waals surface area contributed by atoms with E-state index in [-0.39, 0.29) is 23.0 Å². The molecule has 0 bridgehead atoms. The summed E-state index contributed by atoms with van der Waals surface area (Å²) in [6, 6.07) is 5.69. The number of aromatic nitrogens is 2. The lowest BCUT2D eigenvalue weighted by Gasteiger charge is -2.05. The normalized spacial score (nSPS) is 11.5. The van der Waals surface area contributed by atoms with Crippen LogP contribution in [-0.4, -0.2) is 24.3 Å². The fourth-order valence-corrected chi connectivity index (χ4v) is 2.50. The molecule has 2 aromatic rings. The molecule has 0 amide bonds. The molecule has 106 valence electrons. The van der Waals surface area contributed by atoms with Crippen molar-refractivity contribution in [1.82, 2.24) is 14.9 Å². The SMILES string of the molecule is CC(=O)c1ccc(S(=O)(=O)NCc2noc(C)n2)cc1. The van der Waals surface area contributed by atoms with E-state index in [9.17, 15) is 13.2 Å². The second-order valence-corrected chi connectivity index (χ2v) is 5.90. The van der Waals surface area contributed by atoms with Crippen LogP contribution in [0.1, 0.15) is 29.0 Å². The number of carbonyl (C=O) groups is 1. The molecule has 0 aliphatic rings.